The molecule has 0 aliphatic heterocycles. The van der Waals surface area contributed by atoms with Crippen LogP contribution in [0.5, 0.6) is 11.5 Å². The average molecular weight is 240 g/mol. The molecule has 1 N–H and O–H groups in total. The number of methoxy groups -OCH3 is 1. The Morgan fingerprint density at radius 2 is 2.28 bits per heavy atom. The van der Waals surface area contributed by atoms with Gasteiger partial charge in [0, 0.05) is 5.57 Å². The van der Waals surface area contributed by atoms with Crippen molar-refractivity contribution < 1.29 is 14.6 Å². The van der Waals surface area contributed by atoms with Crippen LogP contribution in [0.2, 0.25) is 0 Å². The summed E-state index contributed by atoms with van der Waals surface area (Å²) in [6.07, 6.45) is 6.49. The lowest BCUT2D eigenvalue weighted by Gasteiger charge is -2.03. The molecule has 0 heterocycles. The van der Waals surface area contributed by atoms with Gasteiger partial charge in [0.15, 0.2) is 0 Å². The molecule has 0 spiro atoms. The minimum absolute atomic E-state index is 0.0892. The number of allylic oxidation sites excluding steroid dienone is 4. The molecule has 0 bridgehead atoms. The summed E-state index contributed by atoms with van der Waals surface area (Å²) in [5, 5.41) is 9.62. The Bertz CT molecular complexity index is 598. The number of carbonyl (C=O) groups excluding carboxylic acids is 1. The smallest absolute Gasteiger partial charge is 0.240 e. The largest absolute Gasteiger partial charge is 0.507 e. The van der Waals surface area contributed by atoms with Crippen LogP contribution in [-0.2, 0) is 0 Å². The van der Waals surface area contributed by atoms with Crippen LogP contribution >= 0.6 is 0 Å². The molecule has 18 heavy (non-hydrogen) atoms. The van der Waals surface area contributed by atoms with Gasteiger partial charge in [0.2, 0.25) is 5.78 Å². The number of Topliss-reactive ketones (excluding diaryl/α,β-unsaturated/α-hetero) is 1. The summed E-state index contributed by atoms with van der Waals surface area (Å²) in [7, 11) is 1.50. The third kappa shape index (κ3) is 2.61. The number of hydrogen-bond acceptors (Lipinski definition) is 3. The maximum Gasteiger partial charge on any atom is 0.240 e. The second-order valence-electron chi connectivity index (χ2n) is 3.79. The van der Waals surface area contributed by atoms with Gasteiger partial charge in [-0.25, -0.2) is 0 Å². The van der Waals surface area contributed by atoms with Crippen LogP contribution in [-0.4, -0.2) is 18.0 Å². The molecule has 1 aliphatic rings. The molecule has 1 aromatic rings. The molecule has 0 aromatic heterocycles. The van der Waals surface area contributed by atoms with E-state index in [1.807, 2.05) is 18.2 Å². The third-order valence-electron chi connectivity index (χ3n) is 2.56. The molecule has 0 saturated heterocycles. The summed E-state index contributed by atoms with van der Waals surface area (Å²) in [5.74, 6) is 5.32. The summed E-state index contributed by atoms with van der Waals surface area (Å²) in [4.78, 5) is 11.9. The van der Waals surface area contributed by atoms with E-state index in [0.29, 0.717) is 5.75 Å². The van der Waals surface area contributed by atoms with Crippen molar-refractivity contribution in [2.24, 2.45) is 0 Å². The fourth-order valence-corrected chi connectivity index (χ4v) is 1.57. The van der Waals surface area contributed by atoms with E-state index in [-0.39, 0.29) is 11.3 Å². The van der Waals surface area contributed by atoms with Crippen molar-refractivity contribution in [2.45, 2.75) is 6.42 Å². The number of ether oxygens (including phenoxy) is 1. The Labute approximate surface area is 105 Å². The van der Waals surface area contributed by atoms with Crippen molar-refractivity contribution in [1.29, 1.82) is 0 Å². The number of ketones is 1. The van der Waals surface area contributed by atoms with E-state index in [0.717, 1.165) is 12.0 Å². The fourth-order valence-electron chi connectivity index (χ4n) is 1.57. The first-order chi connectivity index (χ1) is 8.70. The van der Waals surface area contributed by atoms with Crippen molar-refractivity contribution in [3.8, 4) is 23.3 Å². The van der Waals surface area contributed by atoms with Crippen LogP contribution in [0.25, 0.3) is 0 Å². The molecular weight excluding hydrogens is 228 g/mol. The monoisotopic (exact) mass is 240 g/mol. The Kier molecular flexibility index (Phi) is 3.49. The average Bonchev–Trinajstić information content (AvgIpc) is 2.89. The molecule has 0 saturated carbocycles. The van der Waals surface area contributed by atoms with Crippen molar-refractivity contribution in [3.05, 3.63) is 47.6 Å². The van der Waals surface area contributed by atoms with Crippen LogP contribution in [0.15, 0.2) is 42.0 Å². The number of benzene rings is 1. The van der Waals surface area contributed by atoms with E-state index in [1.54, 1.807) is 6.07 Å². The van der Waals surface area contributed by atoms with Gasteiger partial charge in [0.25, 0.3) is 0 Å². The number of aromatic hydroxyl groups is 1. The van der Waals surface area contributed by atoms with Gasteiger partial charge in [-0.1, -0.05) is 24.1 Å². The van der Waals surface area contributed by atoms with E-state index >= 15 is 0 Å². The number of carbonyl (C=O) groups is 1. The predicted molar refractivity (Wildman–Crippen MR) is 68.6 cm³/mol. The van der Waals surface area contributed by atoms with E-state index in [9.17, 15) is 9.90 Å². The molecule has 1 aromatic carbocycles. The van der Waals surface area contributed by atoms with Crippen molar-refractivity contribution >= 4 is 5.78 Å². The standard InChI is InChI=1S/C15H12O3/c1-18-12-7-9-15(17)13(10-12)14(16)8-6-11-4-2-3-5-11/h2-4,7,9-10,17H,5H2,1H3. The molecule has 0 amide bonds. The van der Waals surface area contributed by atoms with Gasteiger partial charge in [-0.2, -0.15) is 0 Å². The summed E-state index contributed by atoms with van der Waals surface area (Å²) in [6.45, 7) is 0. The molecule has 0 fully saturated rings. The lowest BCUT2D eigenvalue weighted by Crippen LogP contribution is -1.97. The van der Waals surface area contributed by atoms with Crippen LogP contribution in [0.1, 0.15) is 16.8 Å². The lowest BCUT2D eigenvalue weighted by molar-refractivity contribution is 0.105. The van der Waals surface area contributed by atoms with E-state index < -0.39 is 5.78 Å². The number of phenols is 1. The predicted octanol–water partition coefficient (Wildman–Crippen LogP) is 2.47. The van der Waals surface area contributed by atoms with Gasteiger partial charge in [-0.3, -0.25) is 4.79 Å². The van der Waals surface area contributed by atoms with Gasteiger partial charge in [0.1, 0.15) is 11.5 Å². The first kappa shape index (κ1) is 12.0. The van der Waals surface area contributed by atoms with Gasteiger partial charge in [-0.05, 0) is 30.5 Å². The van der Waals surface area contributed by atoms with E-state index in [1.165, 1.54) is 19.2 Å². The van der Waals surface area contributed by atoms with Crippen LogP contribution in [0.3, 0.4) is 0 Å². The highest BCUT2D eigenvalue weighted by Crippen LogP contribution is 2.23. The Morgan fingerprint density at radius 1 is 1.44 bits per heavy atom. The number of hydrogen-bond donors (Lipinski definition) is 1. The van der Waals surface area contributed by atoms with E-state index in [4.69, 9.17) is 4.74 Å². The number of phenolic OH excluding ortho intramolecular Hbond substituents is 1. The molecule has 0 atom stereocenters. The topological polar surface area (TPSA) is 46.5 Å². The second-order valence-corrected chi connectivity index (χ2v) is 3.79. The van der Waals surface area contributed by atoms with Gasteiger partial charge in [-0.15, -0.1) is 0 Å². The van der Waals surface area contributed by atoms with Crippen molar-refractivity contribution in [1.82, 2.24) is 0 Å². The number of rotatable bonds is 2. The van der Waals surface area contributed by atoms with Gasteiger partial charge < -0.3 is 9.84 Å². The van der Waals surface area contributed by atoms with E-state index in [2.05, 4.69) is 11.8 Å². The van der Waals surface area contributed by atoms with Crippen molar-refractivity contribution in [2.75, 3.05) is 7.11 Å². The first-order valence-electron chi connectivity index (χ1n) is 5.50. The molecule has 0 unspecified atom stereocenters. The highest BCUT2D eigenvalue weighted by atomic mass is 16.5. The zero-order valence-corrected chi connectivity index (χ0v) is 9.93. The normalized spacial score (nSPS) is 12.6. The molecule has 2 rings (SSSR count). The Morgan fingerprint density at radius 3 is 2.94 bits per heavy atom. The quantitative estimate of drug-likeness (QED) is 0.490. The molecule has 3 nitrogen and oxygen atoms in total. The molecule has 0 radical (unpaired) electrons. The lowest BCUT2D eigenvalue weighted by atomic mass is 10.1. The second kappa shape index (κ2) is 5.24. The zero-order chi connectivity index (χ0) is 13.0. The highest BCUT2D eigenvalue weighted by Gasteiger charge is 2.10. The molecule has 3 heteroatoms. The van der Waals surface area contributed by atoms with Crippen LogP contribution in [0, 0.1) is 11.8 Å². The molecule has 90 valence electrons. The maximum absolute atomic E-state index is 11.9. The molecular formula is C15H12O3. The Balaban J connectivity index is 2.23. The summed E-state index contributed by atoms with van der Waals surface area (Å²) >= 11 is 0. The SMILES string of the molecule is COc1ccc(O)c(C(=O)C#CC2=CC=CC2)c1. The minimum Gasteiger partial charge on any atom is -0.507 e. The van der Waals surface area contributed by atoms with Crippen LogP contribution in [0.4, 0.5) is 0 Å². The minimum atomic E-state index is -0.417. The highest BCUT2D eigenvalue weighted by molar-refractivity contribution is 6.11. The zero-order valence-electron chi connectivity index (χ0n) is 9.93. The summed E-state index contributed by atoms with van der Waals surface area (Å²) in [6, 6.07) is 4.49. The van der Waals surface area contributed by atoms with Gasteiger partial charge in [0.05, 0.1) is 12.7 Å². The Hall–Kier alpha value is -2.47. The first-order valence-corrected chi connectivity index (χ1v) is 5.50. The summed E-state index contributed by atoms with van der Waals surface area (Å²) < 4.78 is 5.01. The van der Waals surface area contributed by atoms with Crippen molar-refractivity contribution in [3.63, 3.8) is 0 Å². The van der Waals surface area contributed by atoms with Gasteiger partial charge >= 0.3 is 0 Å². The van der Waals surface area contributed by atoms with Crippen LogP contribution < -0.4 is 4.74 Å². The summed E-state index contributed by atoms with van der Waals surface area (Å²) in [5.41, 5.74) is 1.05. The fraction of sp³-hybridized carbons (Fsp3) is 0.133. The third-order valence-corrected chi connectivity index (χ3v) is 2.56. The maximum atomic E-state index is 11.9. The molecule has 1 aliphatic carbocycles.